The van der Waals surface area contributed by atoms with E-state index in [2.05, 4.69) is 41.0 Å². The van der Waals surface area contributed by atoms with Crippen LogP contribution in [-0.4, -0.2) is 0 Å². The lowest BCUT2D eigenvalue weighted by molar-refractivity contribution is 1.18. The molecule has 0 bridgehead atoms. The molecule has 19 heavy (non-hydrogen) atoms. The smallest absolute Gasteiger partial charge is 0.0576 e. The van der Waals surface area contributed by atoms with Gasteiger partial charge in [-0.15, -0.1) is 11.3 Å². The molecule has 0 spiro atoms. The summed E-state index contributed by atoms with van der Waals surface area (Å²) in [6, 6.07) is 14.6. The van der Waals surface area contributed by atoms with Crippen LogP contribution in [0.3, 0.4) is 0 Å². The van der Waals surface area contributed by atoms with E-state index in [4.69, 9.17) is 5.73 Å². The monoisotopic (exact) mass is 268 g/mol. The molecule has 0 saturated carbocycles. The first-order valence-corrected chi connectivity index (χ1v) is 7.17. The number of nitrogen functional groups attached to an aromatic ring is 1. The van der Waals surface area contributed by atoms with Crippen LogP contribution in [0.2, 0.25) is 0 Å². The number of nitrogens with one attached hydrogen (secondary N) is 1. The minimum absolute atomic E-state index is 0.803. The quantitative estimate of drug-likeness (QED) is 0.691. The highest BCUT2D eigenvalue weighted by molar-refractivity contribution is 7.17. The van der Waals surface area contributed by atoms with Crippen molar-refractivity contribution < 1.29 is 0 Å². The molecule has 0 aliphatic rings. The zero-order valence-corrected chi connectivity index (χ0v) is 11.6. The highest BCUT2D eigenvalue weighted by Crippen LogP contribution is 2.27. The summed E-state index contributed by atoms with van der Waals surface area (Å²) in [6.45, 7) is 2.85. The summed E-state index contributed by atoms with van der Waals surface area (Å²) in [7, 11) is 0. The molecule has 0 unspecified atom stereocenters. The molecule has 0 aliphatic carbocycles. The van der Waals surface area contributed by atoms with E-state index in [0.29, 0.717) is 0 Å². The molecule has 2 aromatic carbocycles. The van der Waals surface area contributed by atoms with E-state index >= 15 is 0 Å². The van der Waals surface area contributed by atoms with Crippen molar-refractivity contribution in [3.8, 4) is 0 Å². The van der Waals surface area contributed by atoms with E-state index in [1.807, 2.05) is 19.1 Å². The van der Waals surface area contributed by atoms with E-state index in [0.717, 1.165) is 17.9 Å². The molecule has 1 aromatic heterocycles. The minimum Gasteiger partial charge on any atom is -0.397 e. The maximum atomic E-state index is 6.01. The number of hydrogen-bond acceptors (Lipinski definition) is 3. The lowest BCUT2D eigenvalue weighted by atomic mass is 10.1. The summed E-state index contributed by atoms with van der Waals surface area (Å²) in [5, 5.41) is 6.95. The molecule has 0 amide bonds. The standard InChI is InChI=1S/C16H16N2S/c1-11-6-7-15(14(17)8-11)18-9-12-10-19-16-5-3-2-4-13(12)16/h2-8,10,18H,9,17H2,1H3. The van der Waals surface area contributed by atoms with Gasteiger partial charge in [0.05, 0.1) is 11.4 Å². The summed E-state index contributed by atoms with van der Waals surface area (Å²) in [6.07, 6.45) is 0. The number of anilines is 2. The Bertz CT molecular complexity index is 716. The zero-order chi connectivity index (χ0) is 13.2. The molecular formula is C16H16N2S. The Balaban J connectivity index is 1.82. The number of nitrogens with two attached hydrogens (primary N) is 1. The van der Waals surface area contributed by atoms with Crippen molar-refractivity contribution in [2.45, 2.75) is 13.5 Å². The van der Waals surface area contributed by atoms with Gasteiger partial charge in [0.2, 0.25) is 0 Å². The van der Waals surface area contributed by atoms with Gasteiger partial charge in [0, 0.05) is 11.2 Å². The number of thiophene rings is 1. The topological polar surface area (TPSA) is 38.0 Å². The van der Waals surface area contributed by atoms with Gasteiger partial charge in [-0.25, -0.2) is 0 Å². The van der Waals surface area contributed by atoms with E-state index in [1.54, 1.807) is 11.3 Å². The normalized spacial score (nSPS) is 10.8. The molecule has 3 aromatic rings. The van der Waals surface area contributed by atoms with Gasteiger partial charge in [0.1, 0.15) is 0 Å². The van der Waals surface area contributed by atoms with Crippen LogP contribution in [-0.2, 0) is 6.54 Å². The summed E-state index contributed by atoms with van der Waals surface area (Å²) in [5.74, 6) is 0. The molecule has 3 rings (SSSR count). The van der Waals surface area contributed by atoms with Gasteiger partial charge >= 0.3 is 0 Å². The van der Waals surface area contributed by atoms with Crippen molar-refractivity contribution in [1.82, 2.24) is 0 Å². The molecule has 2 nitrogen and oxygen atoms in total. The lowest BCUT2D eigenvalue weighted by Crippen LogP contribution is -2.02. The Morgan fingerprint density at radius 1 is 1.16 bits per heavy atom. The van der Waals surface area contributed by atoms with E-state index in [1.165, 1.54) is 21.2 Å². The van der Waals surface area contributed by atoms with Crippen LogP contribution in [0.5, 0.6) is 0 Å². The molecule has 3 heteroatoms. The number of fused-ring (bicyclic) bond motifs is 1. The fourth-order valence-corrected chi connectivity index (χ4v) is 3.17. The van der Waals surface area contributed by atoms with Crippen LogP contribution in [0.4, 0.5) is 11.4 Å². The molecule has 0 fully saturated rings. The SMILES string of the molecule is Cc1ccc(NCc2csc3ccccc23)c(N)c1. The Hall–Kier alpha value is -2.00. The molecule has 0 atom stereocenters. The first-order chi connectivity index (χ1) is 9.24. The fourth-order valence-electron chi connectivity index (χ4n) is 2.20. The van der Waals surface area contributed by atoms with Crippen molar-refractivity contribution >= 4 is 32.8 Å². The predicted molar refractivity (Wildman–Crippen MR) is 84.7 cm³/mol. The van der Waals surface area contributed by atoms with E-state index in [9.17, 15) is 0 Å². The first-order valence-electron chi connectivity index (χ1n) is 6.29. The van der Waals surface area contributed by atoms with Crippen molar-refractivity contribution in [2.75, 3.05) is 11.1 Å². The number of benzene rings is 2. The second-order valence-corrected chi connectivity index (χ2v) is 5.61. The van der Waals surface area contributed by atoms with Crippen molar-refractivity contribution in [1.29, 1.82) is 0 Å². The third kappa shape index (κ3) is 2.42. The second kappa shape index (κ2) is 4.94. The summed E-state index contributed by atoms with van der Waals surface area (Å²) in [5.41, 5.74) is 10.3. The maximum Gasteiger partial charge on any atom is 0.0576 e. The van der Waals surface area contributed by atoms with Crippen LogP contribution in [0, 0.1) is 6.92 Å². The van der Waals surface area contributed by atoms with Gasteiger partial charge in [-0.2, -0.15) is 0 Å². The molecular weight excluding hydrogens is 252 g/mol. The summed E-state index contributed by atoms with van der Waals surface area (Å²) < 4.78 is 1.33. The molecule has 0 saturated heterocycles. The molecule has 1 heterocycles. The van der Waals surface area contributed by atoms with Crippen LogP contribution >= 0.6 is 11.3 Å². The van der Waals surface area contributed by atoms with Gasteiger partial charge in [-0.05, 0) is 47.0 Å². The fraction of sp³-hybridized carbons (Fsp3) is 0.125. The van der Waals surface area contributed by atoms with Crippen molar-refractivity contribution in [3.63, 3.8) is 0 Å². The highest BCUT2D eigenvalue weighted by Gasteiger charge is 2.04. The van der Waals surface area contributed by atoms with Crippen molar-refractivity contribution in [2.24, 2.45) is 0 Å². The summed E-state index contributed by atoms with van der Waals surface area (Å²) in [4.78, 5) is 0. The third-order valence-corrected chi connectivity index (χ3v) is 4.25. The Morgan fingerprint density at radius 3 is 2.84 bits per heavy atom. The molecule has 0 radical (unpaired) electrons. The zero-order valence-electron chi connectivity index (χ0n) is 10.8. The van der Waals surface area contributed by atoms with Gasteiger partial charge in [0.25, 0.3) is 0 Å². The Kier molecular flexibility index (Phi) is 3.13. The predicted octanol–water partition coefficient (Wildman–Crippen LogP) is 4.40. The largest absolute Gasteiger partial charge is 0.397 e. The van der Waals surface area contributed by atoms with Crippen LogP contribution in [0.25, 0.3) is 10.1 Å². The number of rotatable bonds is 3. The Labute approximate surface area is 116 Å². The maximum absolute atomic E-state index is 6.01. The van der Waals surface area contributed by atoms with Crippen LogP contribution < -0.4 is 11.1 Å². The third-order valence-electron chi connectivity index (χ3n) is 3.24. The van der Waals surface area contributed by atoms with E-state index in [-0.39, 0.29) is 0 Å². The lowest BCUT2D eigenvalue weighted by Gasteiger charge is -2.09. The number of hydrogen-bond donors (Lipinski definition) is 2. The van der Waals surface area contributed by atoms with Gasteiger partial charge < -0.3 is 11.1 Å². The average molecular weight is 268 g/mol. The van der Waals surface area contributed by atoms with Gasteiger partial charge in [-0.3, -0.25) is 0 Å². The van der Waals surface area contributed by atoms with Crippen LogP contribution in [0.15, 0.2) is 47.8 Å². The molecule has 0 aliphatic heterocycles. The van der Waals surface area contributed by atoms with Crippen molar-refractivity contribution in [3.05, 3.63) is 59.0 Å². The second-order valence-electron chi connectivity index (χ2n) is 4.70. The first kappa shape index (κ1) is 12.1. The van der Waals surface area contributed by atoms with E-state index < -0.39 is 0 Å². The van der Waals surface area contributed by atoms with Crippen LogP contribution in [0.1, 0.15) is 11.1 Å². The Morgan fingerprint density at radius 2 is 2.00 bits per heavy atom. The molecule has 3 N–H and O–H groups in total. The minimum atomic E-state index is 0.803. The average Bonchev–Trinajstić information content (AvgIpc) is 2.81. The highest BCUT2D eigenvalue weighted by atomic mass is 32.1. The van der Waals surface area contributed by atoms with Gasteiger partial charge in [-0.1, -0.05) is 24.3 Å². The van der Waals surface area contributed by atoms with Gasteiger partial charge in [0.15, 0.2) is 0 Å². The molecule has 96 valence electrons. The number of aryl methyl sites for hydroxylation is 1. The summed E-state index contributed by atoms with van der Waals surface area (Å²) >= 11 is 1.78.